The zero-order valence-corrected chi connectivity index (χ0v) is 11.5. The number of hydrogen-bond acceptors (Lipinski definition) is 3. The maximum absolute atomic E-state index is 13.6. The van der Waals surface area contributed by atoms with Crippen LogP contribution in [0, 0.1) is 11.6 Å². The summed E-state index contributed by atoms with van der Waals surface area (Å²) in [6.07, 6.45) is 0. The number of halogens is 2. The number of fused-ring (bicyclic) bond motifs is 1. The lowest BCUT2D eigenvalue weighted by Gasteiger charge is -2.15. The first-order chi connectivity index (χ1) is 10.1. The minimum absolute atomic E-state index is 0.0258. The van der Waals surface area contributed by atoms with Crippen LogP contribution in [-0.2, 0) is 6.54 Å². The molecular weight excluding hydrogens is 276 g/mol. The molecule has 0 radical (unpaired) electrons. The largest absolute Gasteiger partial charge is 0.454 e. The molecule has 3 nitrogen and oxygen atoms in total. The molecule has 0 saturated carbocycles. The van der Waals surface area contributed by atoms with Crippen molar-refractivity contribution in [3.8, 4) is 11.5 Å². The minimum atomic E-state index is -0.441. The van der Waals surface area contributed by atoms with Crippen LogP contribution in [0.3, 0.4) is 0 Å². The summed E-state index contributed by atoms with van der Waals surface area (Å²) in [5, 5.41) is 3.17. The Balaban J connectivity index is 1.69. The van der Waals surface area contributed by atoms with E-state index in [1.165, 1.54) is 6.07 Å². The first-order valence-electron chi connectivity index (χ1n) is 6.70. The molecule has 1 atom stereocenters. The van der Waals surface area contributed by atoms with E-state index in [4.69, 9.17) is 9.47 Å². The van der Waals surface area contributed by atoms with E-state index in [1.807, 2.05) is 25.1 Å². The summed E-state index contributed by atoms with van der Waals surface area (Å²) in [6, 6.07) is 9.09. The molecule has 5 heteroatoms. The van der Waals surface area contributed by atoms with Crippen molar-refractivity contribution in [2.75, 3.05) is 6.79 Å². The van der Waals surface area contributed by atoms with Crippen LogP contribution in [-0.4, -0.2) is 6.79 Å². The van der Waals surface area contributed by atoms with E-state index in [2.05, 4.69) is 5.32 Å². The monoisotopic (exact) mass is 291 g/mol. The second kappa shape index (κ2) is 5.69. The van der Waals surface area contributed by atoms with Crippen molar-refractivity contribution in [3.63, 3.8) is 0 Å². The van der Waals surface area contributed by atoms with Crippen molar-refractivity contribution >= 4 is 0 Å². The zero-order chi connectivity index (χ0) is 14.8. The van der Waals surface area contributed by atoms with E-state index >= 15 is 0 Å². The summed E-state index contributed by atoms with van der Waals surface area (Å²) >= 11 is 0. The minimum Gasteiger partial charge on any atom is -0.454 e. The molecule has 0 bridgehead atoms. The molecule has 1 N–H and O–H groups in total. The van der Waals surface area contributed by atoms with Gasteiger partial charge in [0.2, 0.25) is 6.79 Å². The smallest absolute Gasteiger partial charge is 0.231 e. The van der Waals surface area contributed by atoms with E-state index in [9.17, 15) is 8.78 Å². The van der Waals surface area contributed by atoms with Gasteiger partial charge in [-0.1, -0.05) is 6.07 Å². The maximum atomic E-state index is 13.6. The first kappa shape index (κ1) is 13.8. The van der Waals surface area contributed by atoms with Gasteiger partial charge in [0.1, 0.15) is 11.6 Å². The first-order valence-corrected chi connectivity index (χ1v) is 6.70. The summed E-state index contributed by atoms with van der Waals surface area (Å²) in [6.45, 7) is 2.43. The van der Waals surface area contributed by atoms with E-state index in [-0.39, 0.29) is 19.4 Å². The van der Waals surface area contributed by atoms with Gasteiger partial charge < -0.3 is 14.8 Å². The molecule has 2 aromatic carbocycles. The molecule has 1 unspecified atom stereocenters. The van der Waals surface area contributed by atoms with Gasteiger partial charge in [0.25, 0.3) is 0 Å². The predicted octanol–water partition coefficient (Wildman–Crippen LogP) is 3.54. The summed E-state index contributed by atoms with van der Waals surface area (Å²) in [5.41, 5.74) is 1.30. The highest BCUT2D eigenvalue weighted by Crippen LogP contribution is 2.34. The van der Waals surface area contributed by atoms with Gasteiger partial charge in [0, 0.05) is 18.2 Å². The Labute approximate surface area is 121 Å². The number of hydrogen-bond donors (Lipinski definition) is 1. The lowest BCUT2D eigenvalue weighted by Crippen LogP contribution is -2.18. The van der Waals surface area contributed by atoms with Crippen LogP contribution in [0.5, 0.6) is 11.5 Å². The number of nitrogens with one attached hydrogen (secondary N) is 1. The third-order valence-electron chi connectivity index (χ3n) is 3.50. The van der Waals surface area contributed by atoms with Crippen molar-refractivity contribution in [3.05, 3.63) is 59.2 Å². The molecule has 0 spiro atoms. The summed E-state index contributed by atoms with van der Waals surface area (Å²) in [7, 11) is 0. The average molecular weight is 291 g/mol. The Morgan fingerprint density at radius 3 is 2.76 bits per heavy atom. The zero-order valence-electron chi connectivity index (χ0n) is 11.5. The Morgan fingerprint density at radius 2 is 1.90 bits per heavy atom. The van der Waals surface area contributed by atoms with Crippen molar-refractivity contribution < 1.29 is 18.3 Å². The summed E-state index contributed by atoms with van der Waals surface area (Å²) < 4.78 is 37.3. The highest BCUT2D eigenvalue weighted by molar-refractivity contribution is 5.45. The van der Waals surface area contributed by atoms with Crippen molar-refractivity contribution in [2.45, 2.75) is 19.5 Å². The van der Waals surface area contributed by atoms with Gasteiger partial charge in [-0.05, 0) is 42.8 Å². The third-order valence-corrected chi connectivity index (χ3v) is 3.50. The highest BCUT2D eigenvalue weighted by Gasteiger charge is 2.15. The normalized spacial score (nSPS) is 14.2. The molecule has 2 aromatic rings. The molecule has 3 rings (SSSR count). The molecule has 0 saturated heterocycles. The van der Waals surface area contributed by atoms with Gasteiger partial charge in [0.05, 0.1) is 0 Å². The molecule has 1 aliphatic heterocycles. The summed E-state index contributed by atoms with van der Waals surface area (Å²) in [4.78, 5) is 0. The fourth-order valence-corrected chi connectivity index (χ4v) is 2.24. The lowest BCUT2D eigenvalue weighted by molar-refractivity contribution is 0.174. The van der Waals surface area contributed by atoms with Crippen LogP contribution in [0.1, 0.15) is 24.1 Å². The van der Waals surface area contributed by atoms with Crippen LogP contribution < -0.4 is 14.8 Å². The lowest BCUT2D eigenvalue weighted by atomic mass is 10.1. The van der Waals surface area contributed by atoms with Crippen LogP contribution in [0.2, 0.25) is 0 Å². The topological polar surface area (TPSA) is 30.5 Å². The van der Waals surface area contributed by atoms with Crippen LogP contribution >= 0.6 is 0 Å². The standard InChI is InChI=1S/C16H15F2NO2/c1-10(11-2-5-15-16(7-11)21-9-20-15)19-8-12-6-13(17)3-4-14(12)18/h2-7,10,19H,8-9H2,1H3. The highest BCUT2D eigenvalue weighted by atomic mass is 19.1. The SMILES string of the molecule is CC(NCc1cc(F)ccc1F)c1ccc2c(c1)OCO2. The second-order valence-electron chi connectivity index (χ2n) is 4.95. The molecule has 0 amide bonds. The van der Waals surface area contributed by atoms with E-state index in [0.29, 0.717) is 11.3 Å². The quantitative estimate of drug-likeness (QED) is 0.934. The molecule has 0 aliphatic carbocycles. The van der Waals surface area contributed by atoms with Gasteiger partial charge in [-0.15, -0.1) is 0 Å². The van der Waals surface area contributed by atoms with Gasteiger partial charge in [-0.2, -0.15) is 0 Å². The molecule has 0 fully saturated rings. The number of ether oxygens (including phenoxy) is 2. The maximum Gasteiger partial charge on any atom is 0.231 e. The molecule has 110 valence electrons. The fraction of sp³-hybridized carbons (Fsp3) is 0.250. The number of benzene rings is 2. The van der Waals surface area contributed by atoms with E-state index in [1.54, 1.807) is 0 Å². The fourth-order valence-electron chi connectivity index (χ4n) is 2.24. The Morgan fingerprint density at radius 1 is 1.10 bits per heavy atom. The van der Waals surface area contributed by atoms with Crippen LogP contribution in [0.15, 0.2) is 36.4 Å². The van der Waals surface area contributed by atoms with E-state index < -0.39 is 11.6 Å². The summed E-state index contributed by atoms with van der Waals surface area (Å²) in [5.74, 6) is 0.575. The Kier molecular flexibility index (Phi) is 3.75. The van der Waals surface area contributed by atoms with Crippen LogP contribution in [0.4, 0.5) is 8.78 Å². The van der Waals surface area contributed by atoms with Gasteiger partial charge in [0.15, 0.2) is 11.5 Å². The molecule has 21 heavy (non-hydrogen) atoms. The van der Waals surface area contributed by atoms with Crippen molar-refractivity contribution in [1.29, 1.82) is 0 Å². The second-order valence-corrected chi connectivity index (χ2v) is 4.95. The van der Waals surface area contributed by atoms with Gasteiger partial charge in [-0.25, -0.2) is 8.78 Å². The molecule has 1 heterocycles. The van der Waals surface area contributed by atoms with Gasteiger partial charge >= 0.3 is 0 Å². The van der Waals surface area contributed by atoms with Crippen molar-refractivity contribution in [1.82, 2.24) is 5.32 Å². The third kappa shape index (κ3) is 2.97. The Bertz CT molecular complexity index is 661. The van der Waals surface area contributed by atoms with E-state index in [0.717, 1.165) is 23.4 Å². The molecule has 1 aliphatic rings. The Hall–Kier alpha value is -2.14. The number of rotatable bonds is 4. The average Bonchev–Trinajstić information content (AvgIpc) is 2.95. The molecule has 0 aromatic heterocycles. The van der Waals surface area contributed by atoms with Crippen molar-refractivity contribution in [2.24, 2.45) is 0 Å². The van der Waals surface area contributed by atoms with Crippen LogP contribution in [0.25, 0.3) is 0 Å². The molecular formula is C16H15F2NO2. The van der Waals surface area contributed by atoms with Gasteiger partial charge in [-0.3, -0.25) is 0 Å². The predicted molar refractivity (Wildman–Crippen MR) is 74.2 cm³/mol.